The van der Waals surface area contributed by atoms with Crippen LogP contribution in [-0.2, 0) is 0 Å². The Hall–Kier alpha value is -1.31. The van der Waals surface area contributed by atoms with E-state index in [4.69, 9.17) is 0 Å². The first-order valence-electron chi connectivity index (χ1n) is 6.94. The Morgan fingerprint density at radius 2 is 1.83 bits per heavy atom. The summed E-state index contributed by atoms with van der Waals surface area (Å²) in [6, 6.07) is 6.42. The quantitative estimate of drug-likeness (QED) is 0.847. The molecular formula is C16H23NO. The zero-order valence-corrected chi connectivity index (χ0v) is 11.6. The monoisotopic (exact) mass is 245 g/mol. The molecule has 2 heteroatoms. The predicted molar refractivity (Wildman–Crippen MR) is 74.8 cm³/mol. The maximum Gasteiger partial charge on any atom is 0.251 e. The van der Waals surface area contributed by atoms with Crippen molar-refractivity contribution in [2.45, 2.75) is 52.5 Å². The molecule has 0 atom stereocenters. The SMILES string of the molecule is Cc1ccc(C)c(C(=O)NC2CCC(C)CC2)c1. The summed E-state index contributed by atoms with van der Waals surface area (Å²) in [6.07, 6.45) is 4.71. The highest BCUT2D eigenvalue weighted by molar-refractivity contribution is 5.96. The molecule has 2 rings (SSSR count). The Balaban J connectivity index is 2.01. The van der Waals surface area contributed by atoms with E-state index in [0.717, 1.165) is 35.4 Å². The Morgan fingerprint density at radius 1 is 1.17 bits per heavy atom. The molecule has 2 nitrogen and oxygen atoms in total. The number of hydrogen-bond acceptors (Lipinski definition) is 1. The summed E-state index contributed by atoms with van der Waals surface area (Å²) in [5, 5.41) is 3.18. The molecule has 1 aliphatic rings. The minimum atomic E-state index is 0.0933. The van der Waals surface area contributed by atoms with E-state index in [2.05, 4.69) is 18.3 Å². The van der Waals surface area contributed by atoms with Crippen LogP contribution in [0.15, 0.2) is 18.2 Å². The fourth-order valence-electron chi connectivity index (χ4n) is 2.65. The molecule has 0 heterocycles. The highest BCUT2D eigenvalue weighted by Gasteiger charge is 2.20. The van der Waals surface area contributed by atoms with E-state index in [1.165, 1.54) is 12.8 Å². The number of benzene rings is 1. The molecular weight excluding hydrogens is 222 g/mol. The Labute approximate surface area is 110 Å². The van der Waals surface area contributed by atoms with Gasteiger partial charge in [0.05, 0.1) is 0 Å². The van der Waals surface area contributed by atoms with Crippen molar-refractivity contribution >= 4 is 5.91 Å². The number of carbonyl (C=O) groups excluding carboxylic acids is 1. The van der Waals surface area contributed by atoms with Crippen molar-refractivity contribution in [3.63, 3.8) is 0 Å². The third kappa shape index (κ3) is 3.12. The minimum Gasteiger partial charge on any atom is -0.349 e. The van der Waals surface area contributed by atoms with Gasteiger partial charge in [-0.05, 0) is 57.1 Å². The van der Waals surface area contributed by atoms with Crippen molar-refractivity contribution in [1.82, 2.24) is 5.32 Å². The lowest BCUT2D eigenvalue weighted by molar-refractivity contribution is 0.0922. The van der Waals surface area contributed by atoms with E-state index in [-0.39, 0.29) is 5.91 Å². The second kappa shape index (κ2) is 5.55. The van der Waals surface area contributed by atoms with E-state index in [0.29, 0.717) is 6.04 Å². The molecule has 1 saturated carbocycles. The van der Waals surface area contributed by atoms with Crippen molar-refractivity contribution in [1.29, 1.82) is 0 Å². The molecule has 0 unspecified atom stereocenters. The van der Waals surface area contributed by atoms with Crippen LogP contribution in [0.5, 0.6) is 0 Å². The number of amides is 1. The zero-order chi connectivity index (χ0) is 13.1. The van der Waals surface area contributed by atoms with Gasteiger partial charge in [-0.15, -0.1) is 0 Å². The van der Waals surface area contributed by atoms with Gasteiger partial charge in [0.2, 0.25) is 0 Å². The molecule has 0 aromatic heterocycles. The second-order valence-electron chi connectivity index (χ2n) is 5.75. The van der Waals surface area contributed by atoms with Crippen molar-refractivity contribution in [2.24, 2.45) is 5.92 Å². The third-order valence-corrected chi connectivity index (χ3v) is 3.99. The van der Waals surface area contributed by atoms with Crippen LogP contribution < -0.4 is 5.32 Å². The molecule has 1 fully saturated rings. The van der Waals surface area contributed by atoms with Crippen LogP contribution >= 0.6 is 0 Å². The van der Waals surface area contributed by atoms with Crippen molar-refractivity contribution in [3.05, 3.63) is 34.9 Å². The lowest BCUT2D eigenvalue weighted by Gasteiger charge is -2.27. The van der Waals surface area contributed by atoms with Gasteiger partial charge in [-0.2, -0.15) is 0 Å². The fraction of sp³-hybridized carbons (Fsp3) is 0.562. The zero-order valence-electron chi connectivity index (χ0n) is 11.6. The predicted octanol–water partition coefficient (Wildman–Crippen LogP) is 3.61. The molecule has 1 aromatic carbocycles. The third-order valence-electron chi connectivity index (χ3n) is 3.99. The Bertz CT molecular complexity index is 431. The first-order chi connectivity index (χ1) is 8.56. The molecule has 98 valence electrons. The molecule has 0 spiro atoms. The van der Waals surface area contributed by atoms with E-state index in [1.807, 2.05) is 26.0 Å². The molecule has 0 radical (unpaired) electrons. The minimum absolute atomic E-state index is 0.0933. The van der Waals surface area contributed by atoms with Crippen molar-refractivity contribution in [3.8, 4) is 0 Å². The van der Waals surface area contributed by atoms with Crippen LogP contribution in [0.4, 0.5) is 0 Å². The van der Waals surface area contributed by atoms with Crippen LogP contribution in [0.1, 0.15) is 54.1 Å². The molecule has 1 aromatic rings. The number of hydrogen-bond donors (Lipinski definition) is 1. The summed E-state index contributed by atoms with van der Waals surface area (Å²) < 4.78 is 0. The molecule has 18 heavy (non-hydrogen) atoms. The number of carbonyl (C=O) groups is 1. The summed E-state index contributed by atoms with van der Waals surface area (Å²) in [5.74, 6) is 0.912. The Kier molecular flexibility index (Phi) is 4.05. The molecule has 1 aliphatic carbocycles. The van der Waals surface area contributed by atoms with E-state index in [9.17, 15) is 4.79 Å². The molecule has 0 saturated heterocycles. The van der Waals surface area contributed by atoms with E-state index in [1.54, 1.807) is 0 Å². The van der Waals surface area contributed by atoms with Crippen LogP contribution in [0.25, 0.3) is 0 Å². The standard InChI is InChI=1S/C16H23NO/c1-11-5-8-14(9-6-11)17-16(18)15-10-12(2)4-7-13(15)3/h4,7,10-11,14H,5-6,8-9H2,1-3H3,(H,17,18). The highest BCUT2D eigenvalue weighted by Crippen LogP contribution is 2.23. The summed E-state index contributed by atoms with van der Waals surface area (Å²) in [7, 11) is 0. The van der Waals surface area contributed by atoms with Gasteiger partial charge in [0, 0.05) is 11.6 Å². The van der Waals surface area contributed by atoms with Crippen LogP contribution in [0, 0.1) is 19.8 Å². The molecule has 1 amide bonds. The van der Waals surface area contributed by atoms with Gasteiger partial charge in [0.25, 0.3) is 5.91 Å². The van der Waals surface area contributed by atoms with Gasteiger partial charge in [-0.25, -0.2) is 0 Å². The first-order valence-corrected chi connectivity index (χ1v) is 6.94. The second-order valence-corrected chi connectivity index (χ2v) is 5.75. The normalized spacial score (nSPS) is 23.7. The van der Waals surface area contributed by atoms with Crippen molar-refractivity contribution < 1.29 is 4.79 Å². The molecule has 1 N–H and O–H groups in total. The summed E-state index contributed by atoms with van der Waals surface area (Å²) in [6.45, 7) is 6.32. The van der Waals surface area contributed by atoms with Gasteiger partial charge in [-0.1, -0.05) is 24.6 Å². The van der Waals surface area contributed by atoms with E-state index >= 15 is 0 Å². The molecule has 0 aliphatic heterocycles. The topological polar surface area (TPSA) is 29.1 Å². The smallest absolute Gasteiger partial charge is 0.251 e. The largest absolute Gasteiger partial charge is 0.349 e. The fourth-order valence-corrected chi connectivity index (χ4v) is 2.65. The average molecular weight is 245 g/mol. The van der Waals surface area contributed by atoms with E-state index < -0.39 is 0 Å². The summed E-state index contributed by atoms with van der Waals surface area (Å²) in [5.41, 5.74) is 3.03. The Morgan fingerprint density at radius 3 is 2.50 bits per heavy atom. The maximum absolute atomic E-state index is 12.3. The van der Waals surface area contributed by atoms with Crippen LogP contribution in [0.2, 0.25) is 0 Å². The summed E-state index contributed by atoms with van der Waals surface area (Å²) in [4.78, 5) is 12.3. The lowest BCUT2D eigenvalue weighted by Crippen LogP contribution is -2.37. The first kappa shape index (κ1) is 13.1. The highest BCUT2D eigenvalue weighted by atomic mass is 16.1. The average Bonchev–Trinajstić information content (AvgIpc) is 2.35. The van der Waals surface area contributed by atoms with Crippen LogP contribution in [-0.4, -0.2) is 11.9 Å². The van der Waals surface area contributed by atoms with Gasteiger partial charge in [-0.3, -0.25) is 4.79 Å². The number of nitrogens with one attached hydrogen (secondary N) is 1. The lowest BCUT2D eigenvalue weighted by atomic mass is 9.87. The van der Waals surface area contributed by atoms with Crippen LogP contribution in [0.3, 0.4) is 0 Å². The van der Waals surface area contributed by atoms with Gasteiger partial charge in [0.15, 0.2) is 0 Å². The van der Waals surface area contributed by atoms with Crippen molar-refractivity contribution in [2.75, 3.05) is 0 Å². The summed E-state index contributed by atoms with van der Waals surface area (Å²) >= 11 is 0. The number of rotatable bonds is 2. The van der Waals surface area contributed by atoms with Gasteiger partial charge >= 0.3 is 0 Å². The van der Waals surface area contributed by atoms with Gasteiger partial charge < -0.3 is 5.32 Å². The van der Waals surface area contributed by atoms with Gasteiger partial charge in [0.1, 0.15) is 0 Å². The molecule has 0 bridgehead atoms. The number of aryl methyl sites for hydroxylation is 2. The maximum atomic E-state index is 12.3.